The third-order valence-corrected chi connectivity index (χ3v) is 10.5. The van der Waals surface area contributed by atoms with Crippen LogP contribution < -0.4 is 0 Å². The molecule has 2 heterocycles. The molecular weight excluding hydrogens is 560 g/mol. The Morgan fingerprint density at radius 3 is 2.43 bits per heavy atom. The highest BCUT2D eigenvalue weighted by atomic mass is 16.6. The number of ether oxygens (including phenoxy) is 3. The molecule has 44 heavy (non-hydrogen) atoms. The predicted molar refractivity (Wildman–Crippen MR) is 172 cm³/mol. The first-order valence-electron chi connectivity index (χ1n) is 16.6. The smallest absolute Gasteiger partial charge is 0.316 e. The largest absolute Gasteiger partial charge is 0.462 e. The van der Waals surface area contributed by atoms with Crippen molar-refractivity contribution in [2.24, 2.45) is 23.7 Å². The molecule has 0 spiro atoms. The molecule has 0 amide bonds. The summed E-state index contributed by atoms with van der Waals surface area (Å²) in [6.45, 7) is 17.5. The molecule has 3 aliphatic rings. The summed E-state index contributed by atoms with van der Waals surface area (Å²) in [7, 11) is 0. The van der Waals surface area contributed by atoms with Gasteiger partial charge in [0.2, 0.25) is 0 Å². The van der Waals surface area contributed by atoms with Crippen molar-refractivity contribution in [3.8, 4) is 0 Å². The maximum atomic E-state index is 13.7. The molecule has 3 rings (SSSR count). The van der Waals surface area contributed by atoms with Gasteiger partial charge in [0.25, 0.3) is 0 Å². The van der Waals surface area contributed by atoms with Crippen molar-refractivity contribution in [3.05, 3.63) is 47.1 Å². The summed E-state index contributed by atoms with van der Waals surface area (Å²) in [6, 6.07) is 0. The van der Waals surface area contributed by atoms with Crippen molar-refractivity contribution in [1.82, 2.24) is 0 Å². The summed E-state index contributed by atoms with van der Waals surface area (Å²) in [5, 5.41) is 45.1. The van der Waals surface area contributed by atoms with Gasteiger partial charge < -0.3 is 34.6 Å². The standard InChI is InChI=1S/C36H58O8/c1-10-21(2)31(37)22(3)14-17-29-19-27(8)44-34(39)30-18-23(4)32(38)33-36(30,41)28(20-42-33)13-11-12-24(5)35(9,40)25(6)15-16-26(7)43-29/h11-13,15,18,21-22,24,26-27,29-33,37-38,40-41H,10,14,16-17,19-20H2,1-9H3/b12-11+,25-15+,28-13+/t21-,22+,24+,26+,27+,29+,30+,31?,32-,33-,35+,36-/m1/s1. The third kappa shape index (κ3) is 8.12. The fourth-order valence-electron chi connectivity index (χ4n) is 6.64. The molecule has 0 aromatic rings. The molecule has 1 fully saturated rings. The molecule has 0 radical (unpaired) electrons. The lowest BCUT2D eigenvalue weighted by atomic mass is 9.71. The van der Waals surface area contributed by atoms with E-state index >= 15 is 0 Å². The molecule has 0 saturated carbocycles. The molecule has 2 aliphatic heterocycles. The highest BCUT2D eigenvalue weighted by Crippen LogP contribution is 2.45. The van der Waals surface area contributed by atoms with Gasteiger partial charge >= 0.3 is 5.97 Å². The van der Waals surface area contributed by atoms with Crippen molar-refractivity contribution < 1.29 is 39.4 Å². The van der Waals surface area contributed by atoms with Crippen molar-refractivity contribution in [3.63, 3.8) is 0 Å². The third-order valence-electron chi connectivity index (χ3n) is 10.5. The molecule has 8 heteroatoms. The Morgan fingerprint density at radius 2 is 1.77 bits per heavy atom. The van der Waals surface area contributed by atoms with E-state index < -0.39 is 47.5 Å². The molecule has 0 aromatic heterocycles. The van der Waals surface area contributed by atoms with Crippen LogP contribution in [0.2, 0.25) is 0 Å². The van der Waals surface area contributed by atoms with Crippen LogP contribution in [-0.4, -0.2) is 80.8 Å². The van der Waals surface area contributed by atoms with Crippen LogP contribution in [0.5, 0.6) is 0 Å². The number of carbonyl (C=O) groups is 1. The van der Waals surface area contributed by atoms with Crippen LogP contribution in [-0.2, 0) is 19.0 Å². The van der Waals surface area contributed by atoms with Gasteiger partial charge in [-0.2, -0.15) is 0 Å². The van der Waals surface area contributed by atoms with E-state index in [2.05, 4.69) is 20.8 Å². The van der Waals surface area contributed by atoms with Crippen molar-refractivity contribution in [2.75, 3.05) is 6.61 Å². The monoisotopic (exact) mass is 618 g/mol. The number of hydrogen-bond acceptors (Lipinski definition) is 8. The predicted octanol–water partition coefficient (Wildman–Crippen LogP) is 5.19. The van der Waals surface area contributed by atoms with Crippen molar-refractivity contribution >= 4 is 5.97 Å². The minimum absolute atomic E-state index is 0.0568. The molecular formula is C36H58O8. The van der Waals surface area contributed by atoms with Gasteiger partial charge in [-0.15, -0.1) is 0 Å². The van der Waals surface area contributed by atoms with Crippen LogP contribution in [0.1, 0.15) is 94.4 Å². The SMILES string of the molecule is CC[C@@H](C)C(O)[C@@H](C)CC[C@H]1C[C@H](C)OC(=O)[C@@H]2C=C(C)[C@@H](O)[C@H]3OC/C(=C\C=C\[C@H](C)[C@](C)(O)/C(C)=C/C[C@H](C)O1)[C@]32O. The first-order chi connectivity index (χ1) is 20.5. The summed E-state index contributed by atoms with van der Waals surface area (Å²) in [6.07, 6.45) is 9.00. The van der Waals surface area contributed by atoms with Crippen molar-refractivity contribution in [2.45, 2.75) is 142 Å². The lowest BCUT2D eigenvalue weighted by Crippen LogP contribution is -2.57. The highest BCUT2D eigenvalue weighted by Gasteiger charge is 2.59. The maximum Gasteiger partial charge on any atom is 0.316 e. The number of carbonyl (C=O) groups excluding carboxylic acids is 1. The molecule has 4 N–H and O–H groups in total. The molecule has 1 unspecified atom stereocenters. The van der Waals surface area contributed by atoms with E-state index in [1.165, 1.54) is 0 Å². The topological polar surface area (TPSA) is 126 Å². The Morgan fingerprint density at radius 1 is 1.09 bits per heavy atom. The Bertz CT molecular complexity index is 1110. The summed E-state index contributed by atoms with van der Waals surface area (Å²) in [4.78, 5) is 13.7. The number of rotatable bonds is 6. The highest BCUT2D eigenvalue weighted by molar-refractivity contribution is 5.78. The average molecular weight is 619 g/mol. The van der Waals surface area contributed by atoms with E-state index in [9.17, 15) is 25.2 Å². The maximum absolute atomic E-state index is 13.7. The number of esters is 1. The van der Waals surface area contributed by atoms with Gasteiger partial charge in [-0.05, 0) is 82.4 Å². The van der Waals surface area contributed by atoms with E-state index in [0.29, 0.717) is 30.4 Å². The van der Waals surface area contributed by atoms with Gasteiger partial charge in [0.1, 0.15) is 29.8 Å². The van der Waals surface area contributed by atoms with E-state index in [1.807, 2.05) is 39.8 Å². The Kier molecular flexibility index (Phi) is 12.7. The number of allylic oxidation sites excluding steroid dienone is 2. The number of aliphatic hydroxyl groups excluding tert-OH is 2. The normalized spacial score (nSPS) is 42.6. The van der Waals surface area contributed by atoms with Gasteiger partial charge in [0.15, 0.2) is 0 Å². The summed E-state index contributed by atoms with van der Waals surface area (Å²) < 4.78 is 18.4. The lowest BCUT2D eigenvalue weighted by molar-refractivity contribution is -0.169. The molecule has 0 aromatic carbocycles. The van der Waals surface area contributed by atoms with Gasteiger partial charge in [0, 0.05) is 12.3 Å². The average Bonchev–Trinajstić information content (AvgIpc) is 3.31. The Balaban J connectivity index is 1.97. The minimum atomic E-state index is -1.78. The first-order valence-corrected chi connectivity index (χ1v) is 16.6. The van der Waals surface area contributed by atoms with Crippen LogP contribution >= 0.6 is 0 Å². The Labute approximate surface area is 264 Å². The van der Waals surface area contributed by atoms with Crippen LogP contribution in [0.4, 0.5) is 0 Å². The summed E-state index contributed by atoms with van der Waals surface area (Å²) in [5.41, 5.74) is -1.04. The van der Waals surface area contributed by atoms with Gasteiger partial charge in [-0.25, -0.2) is 0 Å². The quantitative estimate of drug-likeness (QED) is 0.237. The van der Waals surface area contributed by atoms with E-state index in [4.69, 9.17) is 14.2 Å². The summed E-state index contributed by atoms with van der Waals surface area (Å²) in [5.74, 6) is -1.62. The van der Waals surface area contributed by atoms with Crippen LogP contribution in [0, 0.1) is 23.7 Å². The molecule has 8 nitrogen and oxygen atoms in total. The molecule has 1 aliphatic carbocycles. The van der Waals surface area contributed by atoms with Crippen LogP contribution in [0.15, 0.2) is 47.1 Å². The lowest BCUT2D eigenvalue weighted by Gasteiger charge is -2.41. The number of cyclic esters (lactones) is 1. The fourth-order valence-corrected chi connectivity index (χ4v) is 6.64. The second-order valence-electron chi connectivity index (χ2n) is 14.0. The van der Waals surface area contributed by atoms with E-state index in [0.717, 1.165) is 18.4 Å². The van der Waals surface area contributed by atoms with Crippen molar-refractivity contribution in [1.29, 1.82) is 0 Å². The van der Waals surface area contributed by atoms with Gasteiger partial charge in [0.05, 0.1) is 30.5 Å². The van der Waals surface area contributed by atoms with Gasteiger partial charge in [-0.1, -0.05) is 64.5 Å². The Hall–Kier alpha value is -1.81. The zero-order valence-electron chi connectivity index (χ0n) is 28.3. The zero-order valence-corrected chi connectivity index (χ0v) is 28.3. The number of aliphatic hydroxyl groups is 4. The zero-order chi connectivity index (χ0) is 33.0. The van der Waals surface area contributed by atoms with Crippen LogP contribution in [0.3, 0.4) is 0 Å². The minimum Gasteiger partial charge on any atom is -0.462 e. The van der Waals surface area contributed by atoms with E-state index in [-0.39, 0.29) is 36.6 Å². The van der Waals surface area contributed by atoms with Crippen LogP contribution in [0.25, 0.3) is 0 Å². The number of hydrogen-bond donors (Lipinski definition) is 4. The molecule has 250 valence electrons. The second-order valence-corrected chi connectivity index (χ2v) is 14.0. The summed E-state index contributed by atoms with van der Waals surface area (Å²) >= 11 is 0. The van der Waals surface area contributed by atoms with E-state index in [1.54, 1.807) is 32.1 Å². The molecule has 1 saturated heterocycles. The molecule has 0 bridgehead atoms. The fraction of sp³-hybridized carbons (Fsp3) is 0.750. The molecule has 12 atom stereocenters. The first kappa shape index (κ1) is 36.7. The van der Waals surface area contributed by atoms with Gasteiger partial charge in [-0.3, -0.25) is 4.79 Å². The second kappa shape index (κ2) is 15.2.